The predicted molar refractivity (Wildman–Crippen MR) is 71.8 cm³/mol. The van der Waals surface area contributed by atoms with E-state index in [4.69, 9.17) is 0 Å². The summed E-state index contributed by atoms with van der Waals surface area (Å²) in [6, 6.07) is 0. The largest absolute Gasteiger partial charge is 0.325 e. The Bertz CT molecular complexity index is 632. The molecule has 2 rings (SSSR count). The number of fused-ring (bicyclic) bond motifs is 1. The molecule has 4 heteroatoms. The van der Waals surface area contributed by atoms with Crippen LogP contribution in [0, 0.1) is 0 Å². The summed E-state index contributed by atoms with van der Waals surface area (Å²) in [5, 5.41) is 0. The molecule has 1 aliphatic carbocycles. The molecule has 0 aliphatic heterocycles. The Morgan fingerprint density at radius 3 is 2.83 bits per heavy atom. The van der Waals surface area contributed by atoms with Crippen molar-refractivity contribution < 1.29 is 0 Å². The van der Waals surface area contributed by atoms with E-state index in [0.29, 0.717) is 12.0 Å². The second kappa shape index (κ2) is 5.04. The molecule has 1 heterocycles. The van der Waals surface area contributed by atoms with E-state index in [9.17, 15) is 9.59 Å². The van der Waals surface area contributed by atoms with Crippen LogP contribution in [0.5, 0.6) is 0 Å². The van der Waals surface area contributed by atoms with Crippen molar-refractivity contribution in [1.29, 1.82) is 0 Å². The number of aromatic nitrogens is 2. The first-order chi connectivity index (χ1) is 8.67. The standard InChI is InChI=1S/C14H16N2O2/c1-3-5-6-9(4-2)10-7-8-11-12(10)15-14(18)16-13(11)17/h3-6,10H,1,7-8H2,2H3,(H2,15,16,17,18)/b6-5-,9-4+. The molecular weight excluding hydrogens is 228 g/mol. The van der Waals surface area contributed by atoms with Crippen molar-refractivity contribution >= 4 is 0 Å². The zero-order chi connectivity index (χ0) is 13.1. The van der Waals surface area contributed by atoms with E-state index >= 15 is 0 Å². The topological polar surface area (TPSA) is 65.7 Å². The van der Waals surface area contributed by atoms with Crippen LogP contribution in [0.3, 0.4) is 0 Å². The molecule has 0 radical (unpaired) electrons. The molecule has 0 saturated heterocycles. The van der Waals surface area contributed by atoms with Crippen LogP contribution >= 0.6 is 0 Å². The van der Waals surface area contributed by atoms with Gasteiger partial charge in [-0.1, -0.05) is 30.9 Å². The minimum absolute atomic E-state index is 0.0937. The van der Waals surface area contributed by atoms with Gasteiger partial charge in [0.2, 0.25) is 0 Å². The number of H-pyrrole nitrogens is 2. The van der Waals surface area contributed by atoms with E-state index in [1.807, 2.05) is 25.2 Å². The fourth-order valence-electron chi connectivity index (χ4n) is 2.43. The number of allylic oxidation sites excluding steroid dienone is 5. The van der Waals surface area contributed by atoms with E-state index in [0.717, 1.165) is 17.7 Å². The number of aromatic amines is 2. The van der Waals surface area contributed by atoms with Crippen molar-refractivity contribution in [2.75, 3.05) is 0 Å². The Kier molecular flexibility index (Phi) is 3.46. The van der Waals surface area contributed by atoms with Gasteiger partial charge in [0, 0.05) is 17.2 Å². The maximum atomic E-state index is 11.7. The third-order valence-corrected chi connectivity index (χ3v) is 3.27. The van der Waals surface area contributed by atoms with Gasteiger partial charge in [-0.05, 0) is 25.3 Å². The minimum atomic E-state index is -0.436. The van der Waals surface area contributed by atoms with Gasteiger partial charge < -0.3 is 4.98 Å². The van der Waals surface area contributed by atoms with Gasteiger partial charge in [-0.3, -0.25) is 9.78 Å². The summed E-state index contributed by atoms with van der Waals surface area (Å²) in [5.41, 5.74) is 1.85. The molecule has 1 atom stereocenters. The van der Waals surface area contributed by atoms with Crippen LogP contribution in [0.15, 0.2) is 46.0 Å². The van der Waals surface area contributed by atoms with Gasteiger partial charge in [0.05, 0.1) is 0 Å². The molecule has 0 fully saturated rings. The molecule has 0 spiro atoms. The number of nitrogens with one attached hydrogen (secondary N) is 2. The van der Waals surface area contributed by atoms with Crippen molar-refractivity contribution in [3.8, 4) is 0 Å². The summed E-state index contributed by atoms with van der Waals surface area (Å²) in [4.78, 5) is 28.1. The Hall–Kier alpha value is -2.10. The highest BCUT2D eigenvalue weighted by molar-refractivity contribution is 5.39. The van der Waals surface area contributed by atoms with Gasteiger partial charge in [-0.15, -0.1) is 0 Å². The highest BCUT2D eigenvalue weighted by Gasteiger charge is 2.27. The molecule has 0 saturated carbocycles. The van der Waals surface area contributed by atoms with Crippen molar-refractivity contribution in [3.05, 3.63) is 68.6 Å². The zero-order valence-electron chi connectivity index (χ0n) is 10.3. The first kappa shape index (κ1) is 12.4. The van der Waals surface area contributed by atoms with Gasteiger partial charge in [0.15, 0.2) is 0 Å². The fourth-order valence-corrected chi connectivity index (χ4v) is 2.43. The van der Waals surface area contributed by atoms with Gasteiger partial charge >= 0.3 is 5.69 Å². The molecule has 0 bridgehead atoms. The summed E-state index contributed by atoms with van der Waals surface area (Å²) < 4.78 is 0. The predicted octanol–water partition coefficient (Wildman–Crippen LogP) is 1.78. The van der Waals surface area contributed by atoms with Crippen LogP contribution in [-0.4, -0.2) is 9.97 Å². The van der Waals surface area contributed by atoms with Crippen molar-refractivity contribution in [3.63, 3.8) is 0 Å². The van der Waals surface area contributed by atoms with E-state index < -0.39 is 5.69 Å². The highest BCUT2D eigenvalue weighted by Crippen LogP contribution is 2.35. The molecule has 0 aromatic carbocycles. The van der Waals surface area contributed by atoms with E-state index in [1.165, 1.54) is 0 Å². The Morgan fingerprint density at radius 1 is 1.39 bits per heavy atom. The molecule has 18 heavy (non-hydrogen) atoms. The summed E-state index contributed by atoms with van der Waals surface area (Å²) in [6.45, 7) is 5.59. The SMILES string of the molecule is C=C/C=C\C(=C/C)C1CCc2c1[nH]c(=O)[nH]c2=O. The van der Waals surface area contributed by atoms with Gasteiger partial charge in [0.25, 0.3) is 5.56 Å². The summed E-state index contributed by atoms with van der Waals surface area (Å²) in [7, 11) is 0. The summed E-state index contributed by atoms with van der Waals surface area (Å²) in [6.07, 6.45) is 9.08. The quantitative estimate of drug-likeness (QED) is 0.796. The van der Waals surface area contributed by atoms with Crippen LogP contribution < -0.4 is 11.2 Å². The van der Waals surface area contributed by atoms with E-state index in [-0.39, 0.29) is 11.5 Å². The van der Waals surface area contributed by atoms with Gasteiger partial charge in [0.1, 0.15) is 0 Å². The zero-order valence-corrected chi connectivity index (χ0v) is 10.3. The number of hydrogen-bond acceptors (Lipinski definition) is 2. The Balaban J connectivity index is 2.48. The Morgan fingerprint density at radius 2 is 2.17 bits per heavy atom. The van der Waals surface area contributed by atoms with Crippen molar-refractivity contribution in [1.82, 2.24) is 9.97 Å². The van der Waals surface area contributed by atoms with Crippen LogP contribution in [-0.2, 0) is 6.42 Å². The second-order valence-corrected chi connectivity index (χ2v) is 4.28. The smallest absolute Gasteiger partial charge is 0.310 e. The van der Waals surface area contributed by atoms with Crippen molar-refractivity contribution in [2.24, 2.45) is 0 Å². The van der Waals surface area contributed by atoms with E-state index in [1.54, 1.807) is 6.08 Å². The van der Waals surface area contributed by atoms with Gasteiger partial charge in [-0.25, -0.2) is 4.79 Å². The third-order valence-electron chi connectivity index (χ3n) is 3.27. The maximum Gasteiger partial charge on any atom is 0.325 e. The molecular formula is C14H16N2O2. The van der Waals surface area contributed by atoms with Crippen LogP contribution in [0.4, 0.5) is 0 Å². The monoisotopic (exact) mass is 244 g/mol. The highest BCUT2D eigenvalue weighted by atomic mass is 16.2. The average Bonchev–Trinajstić information content (AvgIpc) is 2.74. The van der Waals surface area contributed by atoms with Crippen LogP contribution in [0.1, 0.15) is 30.5 Å². The average molecular weight is 244 g/mol. The van der Waals surface area contributed by atoms with E-state index in [2.05, 4.69) is 16.5 Å². The summed E-state index contributed by atoms with van der Waals surface area (Å²) in [5.74, 6) is 0.0937. The number of hydrogen-bond donors (Lipinski definition) is 2. The lowest BCUT2D eigenvalue weighted by molar-refractivity contribution is 0.766. The molecule has 1 aromatic rings. The van der Waals surface area contributed by atoms with Crippen LogP contribution in [0.2, 0.25) is 0 Å². The van der Waals surface area contributed by atoms with Gasteiger partial charge in [-0.2, -0.15) is 0 Å². The van der Waals surface area contributed by atoms with Crippen molar-refractivity contribution in [2.45, 2.75) is 25.7 Å². The third kappa shape index (κ3) is 2.14. The first-order valence-corrected chi connectivity index (χ1v) is 5.98. The molecule has 2 N–H and O–H groups in total. The fraction of sp³-hybridized carbons (Fsp3) is 0.286. The lowest BCUT2D eigenvalue weighted by atomic mass is 9.96. The number of rotatable bonds is 3. The molecule has 4 nitrogen and oxygen atoms in total. The molecule has 94 valence electrons. The lowest BCUT2D eigenvalue weighted by Gasteiger charge is -2.11. The second-order valence-electron chi connectivity index (χ2n) is 4.28. The first-order valence-electron chi connectivity index (χ1n) is 5.98. The molecule has 1 aromatic heterocycles. The lowest BCUT2D eigenvalue weighted by Crippen LogP contribution is -2.26. The Labute approximate surface area is 105 Å². The molecule has 1 unspecified atom stereocenters. The van der Waals surface area contributed by atoms with Crippen LogP contribution in [0.25, 0.3) is 0 Å². The summed E-state index contributed by atoms with van der Waals surface area (Å²) >= 11 is 0. The normalized spacial score (nSPS) is 19.2. The molecule has 1 aliphatic rings. The maximum absolute atomic E-state index is 11.7. The minimum Gasteiger partial charge on any atom is -0.310 e. The molecule has 0 amide bonds.